The van der Waals surface area contributed by atoms with Crippen LogP contribution in [0, 0.1) is 0 Å². The second kappa shape index (κ2) is 13.6. The fraction of sp³-hybridized carbons (Fsp3) is 0.345. The summed E-state index contributed by atoms with van der Waals surface area (Å²) in [5.41, 5.74) is 7.21. The van der Waals surface area contributed by atoms with Gasteiger partial charge in [-0.15, -0.1) is 0 Å². The molecule has 0 bridgehead atoms. The first-order valence-electron chi connectivity index (χ1n) is 13.1. The number of aliphatic imine (C=N–C) groups is 1. The van der Waals surface area contributed by atoms with Crippen LogP contribution in [-0.2, 0) is 11.3 Å². The van der Waals surface area contributed by atoms with Gasteiger partial charge in [-0.05, 0) is 65.9 Å². The van der Waals surface area contributed by atoms with E-state index in [2.05, 4.69) is 20.9 Å². The minimum atomic E-state index is -0.411. The Morgan fingerprint density at radius 2 is 1.82 bits per heavy atom. The van der Waals surface area contributed by atoms with Gasteiger partial charge in [0.05, 0.1) is 6.04 Å². The first-order valence-corrected chi connectivity index (χ1v) is 13.8. The maximum Gasteiger partial charge on any atom is 0.251 e. The molecule has 10 heteroatoms. The molecule has 206 valence electrons. The number of nitrogens with two attached hydrogens (primary N) is 1. The van der Waals surface area contributed by atoms with Crippen molar-refractivity contribution in [1.29, 1.82) is 0 Å². The SMILES string of the molecule is CN=C(N)NCCC[C@@H]1N[C@H](CNC(=O)c2ccc3ccccc3c2)CCN(Cc2cc(Cl)cc(Cl)c2)C1=O. The molecule has 2 amide bonds. The van der Waals surface area contributed by atoms with E-state index in [1.807, 2.05) is 59.5 Å². The Labute approximate surface area is 238 Å². The van der Waals surface area contributed by atoms with Crippen molar-refractivity contribution in [3.8, 4) is 0 Å². The molecule has 1 aliphatic heterocycles. The predicted molar refractivity (Wildman–Crippen MR) is 158 cm³/mol. The Kier molecular flexibility index (Phi) is 10.0. The van der Waals surface area contributed by atoms with Crippen LogP contribution in [0.25, 0.3) is 10.8 Å². The lowest BCUT2D eigenvalue weighted by atomic mass is 10.1. The molecule has 1 fully saturated rings. The zero-order chi connectivity index (χ0) is 27.8. The van der Waals surface area contributed by atoms with Crippen molar-refractivity contribution in [2.24, 2.45) is 10.7 Å². The Balaban J connectivity index is 1.43. The summed E-state index contributed by atoms with van der Waals surface area (Å²) in [6.45, 7) is 1.94. The number of carbonyl (C=O) groups is 2. The number of benzene rings is 3. The third-order valence-corrected chi connectivity index (χ3v) is 7.26. The number of hydrogen-bond acceptors (Lipinski definition) is 4. The summed E-state index contributed by atoms with van der Waals surface area (Å²) in [7, 11) is 1.62. The Hall–Kier alpha value is -3.33. The van der Waals surface area contributed by atoms with Gasteiger partial charge >= 0.3 is 0 Å². The number of rotatable bonds is 9. The molecular formula is C29H34Cl2N6O2. The Morgan fingerprint density at radius 1 is 1.08 bits per heavy atom. The summed E-state index contributed by atoms with van der Waals surface area (Å²) in [6, 6.07) is 18.5. The average molecular weight is 570 g/mol. The summed E-state index contributed by atoms with van der Waals surface area (Å²) in [5, 5.41) is 12.8. The second-order valence-corrected chi connectivity index (χ2v) is 10.6. The highest BCUT2D eigenvalue weighted by molar-refractivity contribution is 6.34. The number of guanidine groups is 1. The van der Waals surface area contributed by atoms with Gasteiger partial charge in [0.2, 0.25) is 5.91 Å². The van der Waals surface area contributed by atoms with Crippen LogP contribution in [0.2, 0.25) is 10.0 Å². The molecule has 4 rings (SSSR count). The molecule has 0 aromatic heterocycles. The van der Waals surface area contributed by atoms with Crippen LogP contribution in [0.3, 0.4) is 0 Å². The number of hydrogen-bond donors (Lipinski definition) is 4. The zero-order valence-corrected chi connectivity index (χ0v) is 23.4. The molecule has 8 nitrogen and oxygen atoms in total. The lowest BCUT2D eigenvalue weighted by Crippen LogP contribution is -2.49. The largest absolute Gasteiger partial charge is 0.370 e. The van der Waals surface area contributed by atoms with E-state index in [1.54, 1.807) is 13.1 Å². The standard InChI is InChI=1S/C29H34Cl2N6O2/c1-33-29(32)34-11-4-7-26-28(39)37(18-19-13-23(30)16-24(31)14-19)12-10-25(36-26)17-35-27(38)22-9-8-20-5-2-3-6-21(20)15-22/h2-3,5-6,8-9,13-16,25-26,36H,4,7,10-12,17-18H2,1H3,(H,35,38)(H3,32,33,34)/t25-,26-/m0/s1. The minimum absolute atomic E-state index is 0.00610. The van der Waals surface area contributed by atoms with E-state index in [0.29, 0.717) is 67.0 Å². The maximum atomic E-state index is 13.6. The summed E-state index contributed by atoms with van der Waals surface area (Å²) in [4.78, 5) is 32.3. The normalized spacial score (nSPS) is 18.2. The van der Waals surface area contributed by atoms with E-state index in [-0.39, 0.29) is 17.9 Å². The fourth-order valence-corrected chi connectivity index (χ4v) is 5.35. The number of fused-ring (bicyclic) bond motifs is 1. The van der Waals surface area contributed by atoms with Crippen LogP contribution in [0.5, 0.6) is 0 Å². The van der Waals surface area contributed by atoms with Crippen molar-refractivity contribution in [2.45, 2.75) is 37.9 Å². The monoisotopic (exact) mass is 568 g/mol. The van der Waals surface area contributed by atoms with E-state index in [1.165, 1.54) is 0 Å². The van der Waals surface area contributed by atoms with Crippen LogP contribution in [-0.4, -0.2) is 61.4 Å². The Morgan fingerprint density at radius 3 is 2.56 bits per heavy atom. The van der Waals surface area contributed by atoms with Crippen molar-refractivity contribution in [3.63, 3.8) is 0 Å². The molecule has 3 aromatic rings. The van der Waals surface area contributed by atoms with Gasteiger partial charge in [0.25, 0.3) is 5.91 Å². The van der Waals surface area contributed by atoms with E-state index in [9.17, 15) is 9.59 Å². The topological polar surface area (TPSA) is 112 Å². The Bertz CT molecular complexity index is 1330. The third-order valence-electron chi connectivity index (χ3n) is 6.83. The maximum absolute atomic E-state index is 13.6. The van der Waals surface area contributed by atoms with Gasteiger partial charge in [-0.2, -0.15) is 0 Å². The molecule has 0 unspecified atom stereocenters. The quantitative estimate of drug-likeness (QED) is 0.177. The molecule has 39 heavy (non-hydrogen) atoms. The third kappa shape index (κ3) is 8.08. The minimum Gasteiger partial charge on any atom is -0.370 e. The van der Waals surface area contributed by atoms with Gasteiger partial charge in [0.1, 0.15) is 0 Å². The van der Waals surface area contributed by atoms with Crippen LogP contribution < -0.4 is 21.7 Å². The van der Waals surface area contributed by atoms with Crippen molar-refractivity contribution < 1.29 is 9.59 Å². The lowest BCUT2D eigenvalue weighted by Gasteiger charge is -2.25. The number of halogens is 2. The van der Waals surface area contributed by atoms with Gasteiger partial charge in [0.15, 0.2) is 5.96 Å². The molecule has 5 N–H and O–H groups in total. The fourth-order valence-electron chi connectivity index (χ4n) is 4.78. The molecule has 1 aliphatic rings. The average Bonchev–Trinajstić information content (AvgIpc) is 3.07. The van der Waals surface area contributed by atoms with Crippen molar-refractivity contribution >= 4 is 51.7 Å². The van der Waals surface area contributed by atoms with E-state index in [0.717, 1.165) is 16.3 Å². The first kappa shape index (κ1) is 28.7. The predicted octanol–water partition coefficient (Wildman–Crippen LogP) is 3.95. The smallest absolute Gasteiger partial charge is 0.251 e. The van der Waals surface area contributed by atoms with Gasteiger partial charge in [-0.25, -0.2) is 0 Å². The molecule has 3 aromatic carbocycles. The van der Waals surface area contributed by atoms with Crippen LogP contribution in [0.4, 0.5) is 0 Å². The molecule has 0 spiro atoms. The highest BCUT2D eigenvalue weighted by Crippen LogP contribution is 2.22. The zero-order valence-electron chi connectivity index (χ0n) is 21.9. The number of carbonyl (C=O) groups excluding carboxylic acids is 2. The molecule has 1 saturated heterocycles. The highest BCUT2D eigenvalue weighted by atomic mass is 35.5. The summed E-state index contributed by atoms with van der Waals surface area (Å²) >= 11 is 12.4. The number of nitrogens with zero attached hydrogens (tertiary/aromatic N) is 2. The molecule has 1 heterocycles. The molecule has 0 radical (unpaired) electrons. The van der Waals surface area contributed by atoms with Gasteiger partial charge in [-0.1, -0.05) is 53.5 Å². The molecule has 2 atom stereocenters. The van der Waals surface area contributed by atoms with Crippen molar-refractivity contribution in [2.75, 3.05) is 26.7 Å². The lowest BCUT2D eigenvalue weighted by molar-refractivity contribution is -0.133. The van der Waals surface area contributed by atoms with Crippen LogP contribution in [0.1, 0.15) is 35.2 Å². The van der Waals surface area contributed by atoms with E-state index in [4.69, 9.17) is 28.9 Å². The molecular weight excluding hydrogens is 535 g/mol. The molecule has 0 aliphatic carbocycles. The second-order valence-electron chi connectivity index (χ2n) is 9.69. The van der Waals surface area contributed by atoms with E-state index >= 15 is 0 Å². The number of nitrogens with one attached hydrogen (secondary N) is 3. The van der Waals surface area contributed by atoms with E-state index < -0.39 is 6.04 Å². The summed E-state index contributed by atoms with van der Waals surface area (Å²) < 4.78 is 0. The first-order chi connectivity index (χ1) is 18.8. The summed E-state index contributed by atoms with van der Waals surface area (Å²) in [5.74, 6) is 0.231. The number of amides is 2. The van der Waals surface area contributed by atoms with Crippen molar-refractivity contribution in [1.82, 2.24) is 20.9 Å². The van der Waals surface area contributed by atoms with Gasteiger partial charge in [-0.3, -0.25) is 14.6 Å². The molecule has 0 saturated carbocycles. The summed E-state index contributed by atoms with van der Waals surface area (Å²) in [6.07, 6.45) is 2.00. The van der Waals surface area contributed by atoms with Gasteiger partial charge in [0, 0.05) is 54.9 Å². The van der Waals surface area contributed by atoms with Crippen LogP contribution >= 0.6 is 23.2 Å². The van der Waals surface area contributed by atoms with Crippen molar-refractivity contribution in [3.05, 3.63) is 81.8 Å². The van der Waals surface area contributed by atoms with Gasteiger partial charge < -0.3 is 26.6 Å². The highest BCUT2D eigenvalue weighted by Gasteiger charge is 2.31. The van der Waals surface area contributed by atoms with Crippen LogP contribution in [0.15, 0.2) is 65.7 Å².